The number of aromatic nitrogens is 1. The van der Waals surface area contributed by atoms with Crippen molar-refractivity contribution >= 4 is 67.0 Å². The first-order valence-corrected chi connectivity index (χ1v) is 13.3. The number of ether oxygens (including phenoxy) is 1. The largest absolute Gasteiger partial charge is 0.452 e. The van der Waals surface area contributed by atoms with Crippen LogP contribution in [0.1, 0.15) is 10.4 Å². The Morgan fingerprint density at radius 1 is 1.06 bits per heavy atom. The molecule has 0 aliphatic carbocycles. The molecule has 4 rings (SSSR count). The minimum atomic E-state index is -3.97. The molecule has 0 radical (unpaired) electrons. The monoisotopic (exact) mass is 551 g/mol. The Balaban J connectivity index is 1.37. The molecule has 0 saturated carbocycles. The Morgan fingerprint density at radius 3 is 2.51 bits per heavy atom. The van der Waals surface area contributed by atoms with Crippen molar-refractivity contribution in [2.45, 2.75) is 4.21 Å². The van der Waals surface area contributed by atoms with Gasteiger partial charge in [-0.05, 0) is 48.5 Å². The van der Waals surface area contributed by atoms with Gasteiger partial charge in [-0.1, -0.05) is 23.7 Å². The zero-order valence-electron chi connectivity index (χ0n) is 17.5. The second-order valence-electron chi connectivity index (χ2n) is 6.88. The van der Waals surface area contributed by atoms with Crippen LogP contribution in [0.5, 0.6) is 0 Å². The average molecular weight is 552 g/mol. The predicted octanol–water partition coefficient (Wildman–Crippen LogP) is 5.26. The first kappa shape index (κ1) is 24.8. The van der Waals surface area contributed by atoms with Crippen molar-refractivity contribution in [3.05, 3.63) is 81.8 Å². The van der Waals surface area contributed by atoms with Gasteiger partial charge in [0.05, 0.1) is 21.3 Å². The first-order chi connectivity index (χ1) is 16.7. The van der Waals surface area contributed by atoms with E-state index in [2.05, 4.69) is 15.0 Å². The van der Waals surface area contributed by atoms with E-state index >= 15 is 0 Å². The lowest BCUT2D eigenvalue weighted by Crippen LogP contribution is -2.22. The van der Waals surface area contributed by atoms with Gasteiger partial charge >= 0.3 is 5.97 Å². The zero-order valence-corrected chi connectivity index (χ0v) is 20.7. The summed E-state index contributed by atoms with van der Waals surface area (Å²) in [4.78, 5) is 29.1. The van der Waals surface area contributed by atoms with Gasteiger partial charge in [0.1, 0.15) is 10.0 Å². The summed E-state index contributed by atoms with van der Waals surface area (Å²) in [6.07, 6.45) is 0. The minimum Gasteiger partial charge on any atom is -0.452 e. The lowest BCUT2D eigenvalue weighted by atomic mass is 10.2. The van der Waals surface area contributed by atoms with Crippen LogP contribution in [0.25, 0.3) is 11.3 Å². The number of thiazole rings is 1. The molecule has 2 heterocycles. The number of anilines is 2. The highest BCUT2D eigenvalue weighted by molar-refractivity contribution is 7.94. The number of hydrogen-bond acceptors (Lipinski definition) is 8. The number of benzene rings is 2. The Morgan fingerprint density at radius 2 is 1.80 bits per heavy atom. The fourth-order valence-electron chi connectivity index (χ4n) is 2.84. The smallest absolute Gasteiger partial charge is 0.340 e. The standard InChI is InChI=1S/C22H15ClFN3O5S3/c23-18-9-10-20(34-18)35(30,31)27-16-4-2-1-3-15(16)21(29)32-11-19(28)26-22-25-17(12-33-22)13-5-7-14(24)8-6-13/h1-10,12,27H,11H2,(H,25,26,28). The lowest BCUT2D eigenvalue weighted by molar-refractivity contribution is -0.119. The minimum absolute atomic E-state index is 0.00806. The number of rotatable bonds is 8. The van der Waals surface area contributed by atoms with Crippen molar-refractivity contribution in [2.24, 2.45) is 0 Å². The van der Waals surface area contributed by atoms with Crippen LogP contribution in [0.2, 0.25) is 4.34 Å². The molecule has 8 nitrogen and oxygen atoms in total. The highest BCUT2D eigenvalue weighted by Crippen LogP contribution is 2.28. The lowest BCUT2D eigenvalue weighted by Gasteiger charge is -2.11. The summed E-state index contributed by atoms with van der Waals surface area (Å²) in [7, 11) is -3.97. The van der Waals surface area contributed by atoms with Crippen molar-refractivity contribution < 1.29 is 27.1 Å². The van der Waals surface area contributed by atoms with Gasteiger partial charge in [0.25, 0.3) is 15.9 Å². The summed E-state index contributed by atoms with van der Waals surface area (Å²) >= 11 is 7.84. The Bertz CT molecular complexity index is 1490. The van der Waals surface area contributed by atoms with E-state index in [0.717, 1.165) is 22.7 Å². The molecule has 2 aromatic carbocycles. The van der Waals surface area contributed by atoms with Gasteiger partial charge in [0, 0.05) is 10.9 Å². The molecule has 2 N–H and O–H groups in total. The number of esters is 1. The number of nitrogens with zero attached hydrogens (tertiary/aromatic N) is 1. The van der Waals surface area contributed by atoms with Gasteiger partial charge < -0.3 is 4.74 Å². The SMILES string of the molecule is O=C(COC(=O)c1ccccc1NS(=O)(=O)c1ccc(Cl)s1)Nc1nc(-c2ccc(F)cc2)cs1. The molecule has 0 unspecified atom stereocenters. The average Bonchev–Trinajstić information content (AvgIpc) is 3.48. The van der Waals surface area contributed by atoms with E-state index in [1.165, 1.54) is 42.5 Å². The summed E-state index contributed by atoms with van der Waals surface area (Å²) in [6.45, 7) is -0.619. The Kier molecular flexibility index (Phi) is 7.45. The van der Waals surface area contributed by atoms with Crippen LogP contribution < -0.4 is 10.0 Å². The van der Waals surface area contributed by atoms with Crippen LogP contribution in [-0.4, -0.2) is 31.9 Å². The molecule has 35 heavy (non-hydrogen) atoms. The van der Waals surface area contributed by atoms with Gasteiger partial charge in [0.2, 0.25) is 0 Å². The summed E-state index contributed by atoms with van der Waals surface area (Å²) in [5, 5.41) is 4.49. The third-order valence-electron chi connectivity index (χ3n) is 4.43. The van der Waals surface area contributed by atoms with E-state index in [-0.39, 0.29) is 26.4 Å². The first-order valence-electron chi connectivity index (χ1n) is 9.77. The van der Waals surface area contributed by atoms with E-state index in [1.54, 1.807) is 23.6 Å². The van der Waals surface area contributed by atoms with Crippen LogP contribution in [0, 0.1) is 5.82 Å². The van der Waals surface area contributed by atoms with Crippen LogP contribution in [-0.2, 0) is 19.6 Å². The molecule has 1 amide bonds. The van der Waals surface area contributed by atoms with Crippen molar-refractivity contribution in [3.8, 4) is 11.3 Å². The number of para-hydroxylation sites is 1. The molecule has 180 valence electrons. The summed E-state index contributed by atoms with van der Waals surface area (Å²) < 4.78 is 45.9. The zero-order chi connectivity index (χ0) is 25.0. The summed E-state index contributed by atoms with van der Waals surface area (Å²) in [5.41, 5.74) is 1.15. The number of hydrogen-bond donors (Lipinski definition) is 2. The normalized spacial score (nSPS) is 11.1. The molecular weight excluding hydrogens is 537 g/mol. The molecule has 0 aliphatic rings. The molecule has 2 aromatic heterocycles. The van der Waals surface area contributed by atoms with Crippen LogP contribution >= 0.6 is 34.3 Å². The van der Waals surface area contributed by atoms with Crippen molar-refractivity contribution in [1.82, 2.24) is 4.98 Å². The summed E-state index contributed by atoms with van der Waals surface area (Å²) in [6, 6.07) is 14.4. The highest BCUT2D eigenvalue weighted by Gasteiger charge is 2.21. The van der Waals surface area contributed by atoms with Crippen LogP contribution in [0.3, 0.4) is 0 Å². The number of carbonyl (C=O) groups excluding carboxylic acids is 2. The van der Waals surface area contributed by atoms with E-state index in [0.29, 0.717) is 15.6 Å². The van der Waals surface area contributed by atoms with Gasteiger partial charge in [0.15, 0.2) is 11.7 Å². The van der Waals surface area contributed by atoms with Crippen molar-refractivity contribution in [3.63, 3.8) is 0 Å². The fourth-order valence-corrected chi connectivity index (χ4v) is 6.13. The molecule has 13 heteroatoms. The Hall–Kier alpha value is -3.32. The van der Waals surface area contributed by atoms with Crippen molar-refractivity contribution in [2.75, 3.05) is 16.6 Å². The molecule has 0 bridgehead atoms. The molecular formula is C22H15ClFN3O5S3. The number of halogens is 2. The van der Waals surface area contributed by atoms with Crippen LogP contribution in [0.15, 0.2) is 70.3 Å². The van der Waals surface area contributed by atoms with Gasteiger partial charge in [-0.2, -0.15) is 0 Å². The third kappa shape index (κ3) is 6.22. The van der Waals surface area contributed by atoms with Gasteiger partial charge in [-0.3, -0.25) is 14.8 Å². The fraction of sp³-hybridized carbons (Fsp3) is 0.0455. The van der Waals surface area contributed by atoms with Gasteiger partial charge in [-0.15, -0.1) is 22.7 Å². The van der Waals surface area contributed by atoms with Crippen molar-refractivity contribution in [1.29, 1.82) is 0 Å². The number of sulfonamides is 1. The molecule has 0 atom stereocenters. The molecule has 4 aromatic rings. The summed E-state index contributed by atoms with van der Waals surface area (Å²) in [5.74, 6) is -1.90. The maximum atomic E-state index is 13.1. The van der Waals surface area contributed by atoms with E-state index in [1.807, 2.05) is 0 Å². The topological polar surface area (TPSA) is 114 Å². The second kappa shape index (κ2) is 10.5. The van der Waals surface area contributed by atoms with E-state index in [4.69, 9.17) is 16.3 Å². The number of thiophene rings is 1. The Labute approximate surface area is 212 Å². The second-order valence-corrected chi connectivity index (χ2v) is 11.4. The number of carbonyl (C=O) groups is 2. The van der Waals surface area contributed by atoms with E-state index < -0.39 is 28.5 Å². The molecule has 0 saturated heterocycles. The molecule has 0 spiro atoms. The number of nitrogens with one attached hydrogen (secondary N) is 2. The van der Waals surface area contributed by atoms with Gasteiger partial charge in [-0.25, -0.2) is 22.6 Å². The quantitative estimate of drug-likeness (QED) is 0.289. The third-order valence-corrected chi connectivity index (χ3v) is 8.28. The molecule has 0 fully saturated rings. The maximum Gasteiger partial charge on any atom is 0.340 e. The molecule has 0 aliphatic heterocycles. The highest BCUT2D eigenvalue weighted by atomic mass is 35.5. The van der Waals surface area contributed by atoms with Crippen LogP contribution in [0.4, 0.5) is 15.2 Å². The predicted molar refractivity (Wildman–Crippen MR) is 133 cm³/mol. The maximum absolute atomic E-state index is 13.1. The number of amides is 1. The van der Waals surface area contributed by atoms with E-state index in [9.17, 15) is 22.4 Å².